The van der Waals surface area contributed by atoms with Crippen LogP contribution in [0.1, 0.15) is 19.5 Å². The Morgan fingerprint density at radius 1 is 1.04 bits per heavy atom. The third-order valence-corrected chi connectivity index (χ3v) is 3.07. The fourth-order valence-corrected chi connectivity index (χ4v) is 1.81. The van der Waals surface area contributed by atoms with Crippen LogP contribution in [0, 0.1) is 5.92 Å². The third kappa shape index (κ3) is 5.43. The predicted molar refractivity (Wildman–Crippen MR) is 90.0 cm³/mol. The largest absolute Gasteiger partial charge is 0.332 e. The van der Waals surface area contributed by atoms with Crippen LogP contribution in [0.5, 0.6) is 0 Å². The Morgan fingerprint density at radius 2 is 1.78 bits per heavy atom. The third-order valence-electron chi connectivity index (χ3n) is 3.07. The first-order valence-electron chi connectivity index (χ1n) is 7.40. The number of amides is 3. The van der Waals surface area contributed by atoms with Gasteiger partial charge in [-0.1, -0.05) is 26.0 Å². The number of anilines is 2. The maximum Gasteiger partial charge on any atom is 0.319 e. The highest BCUT2D eigenvalue weighted by Gasteiger charge is 2.08. The van der Waals surface area contributed by atoms with E-state index in [2.05, 4.69) is 20.9 Å². The minimum Gasteiger partial charge on any atom is -0.332 e. The molecule has 1 aromatic carbocycles. The van der Waals surface area contributed by atoms with Gasteiger partial charge in [-0.25, -0.2) is 4.79 Å². The highest BCUT2D eigenvalue weighted by atomic mass is 16.2. The highest BCUT2D eigenvalue weighted by Crippen LogP contribution is 2.15. The second-order valence-corrected chi connectivity index (χ2v) is 5.35. The van der Waals surface area contributed by atoms with E-state index in [0.29, 0.717) is 17.9 Å². The van der Waals surface area contributed by atoms with Gasteiger partial charge in [-0.05, 0) is 30.3 Å². The van der Waals surface area contributed by atoms with Crippen LogP contribution in [0.4, 0.5) is 16.2 Å². The van der Waals surface area contributed by atoms with E-state index in [4.69, 9.17) is 0 Å². The molecule has 3 amide bonds. The molecule has 120 valence electrons. The minimum absolute atomic E-state index is 0.0678. The van der Waals surface area contributed by atoms with E-state index in [-0.39, 0.29) is 17.9 Å². The second kappa shape index (κ2) is 7.93. The summed E-state index contributed by atoms with van der Waals surface area (Å²) in [6.45, 7) is 3.99. The summed E-state index contributed by atoms with van der Waals surface area (Å²) >= 11 is 0. The van der Waals surface area contributed by atoms with E-state index in [1.165, 1.54) is 0 Å². The number of aromatic nitrogens is 1. The van der Waals surface area contributed by atoms with Gasteiger partial charge in [-0.15, -0.1) is 0 Å². The number of urea groups is 1. The zero-order valence-electron chi connectivity index (χ0n) is 13.2. The summed E-state index contributed by atoms with van der Waals surface area (Å²) in [6.07, 6.45) is 1.68. The molecule has 0 fully saturated rings. The van der Waals surface area contributed by atoms with E-state index >= 15 is 0 Å². The summed E-state index contributed by atoms with van der Waals surface area (Å²) in [6, 6.07) is 12.2. The number of carbonyl (C=O) groups excluding carboxylic acids is 2. The van der Waals surface area contributed by atoms with Crippen LogP contribution in [0.15, 0.2) is 48.7 Å². The second-order valence-electron chi connectivity index (χ2n) is 5.35. The number of hydrogen-bond acceptors (Lipinski definition) is 3. The number of rotatable bonds is 5. The predicted octanol–water partition coefficient (Wildman–Crippen LogP) is 3.00. The number of nitrogens with zero attached hydrogens (tertiary/aromatic N) is 1. The molecule has 0 bridgehead atoms. The van der Waals surface area contributed by atoms with E-state index in [0.717, 1.165) is 5.69 Å². The molecular formula is C17H20N4O2. The first-order chi connectivity index (χ1) is 11.0. The molecule has 3 N–H and O–H groups in total. The summed E-state index contributed by atoms with van der Waals surface area (Å²) in [5.74, 6) is -0.171. The molecule has 1 heterocycles. The average Bonchev–Trinajstić information content (AvgIpc) is 2.54. The van der Waals surface area contributed by atoms with Crippen LogP contribution < -0.4 is 16.0 Å². The van der Waals surface area contributed by atoms with Crippen LogP contribution in [-0.2, 0) is 11.3 Å². The van der Waals surface area contributed by atoms with Gasteiger partial charge in [0.1, 0.15) is 0 Å². The lowest BCUT2D eigenvalue weighted by Crippen LogP contribution is -2.28. The zero-order valence-corrected chi connectivity index (χ0v) is 13.2. The molecule has 6 nitrogen and oxygen atoms in total. The molecule has 6 heteroatoms. The molecule has 2 rings (SSSR count). The summed E-state index contributed by atoms with van der Waals surface area (Å²) in [5.41, 5.74) is 2.02. The van der Waals surface area contributed by atoms with Gasteiger partial charge in [0.2, 0.25) is 5.91 Å². The lowest BCUT2D eigenvalue weighted by atomic mass is 10.2. The number of carbonyl (C=O) groups is 2. The molecule has 1 aromatic heterocycles. The zero-order chi connectivity index (χ0) is 16.7. The summed E-state index contributed by atoms with van der Waals surface area (Å²) < 4.78 is 0. The van der Waals surface area contributed by atoms with Crippen molar-refractivity contribution in [3.63, 3.8) is 0 Å². The fraction of sp³-hybridized carbons (Fsp3) is 0.235. The van der Waals surface area contributed by atoms with Gasteiger partial charge in [-0.3, -0.25) is 9.78 Å². The van der Waals surface area contributed by atoms with Crippen LogP contribution in [0.2, 0.25) is 0 Å². The van der Waals surface area contributed by atoms with Crippen molar-refractivity contribution >= 4 is 23.3 Å². The topological polar surface area (TPSA) is 83.1 Å². The highest BCUT2D eigenvalue weighted by molar-refractivity contribution is 5.94. The molecule has 2 aromatic rings. The lowest BCUT2D eigenvalue weighted by molar-refractivity contribution is -0.118. The van der Waals surface area contributed by atoms with Gasteiger partial charge >= 0.3 is 6.03 Å². The smallest absolute Gasteiger partial charge is 0.319 e. The average molecular weight is 312 g/mol. The molecule has 23 heavy (non-hydrogen) atoms. The van der Waals surface area contributed by atoms with E-state index < -0.39 is 0 Å². The van der Waals surface area contributed by atoms with Crippen molar-refractivity contribution in [2.24, 2.45) is 5.92 Å². The number of pyridine rings is 1. The van der Waals surface area contributed by atoms with Crippen molar-refractivity contribution < 1.29 is 9.59 Å². The standard InChI is InChI=1S/C17H20N4O2/c1-12(2)16(22)20-13-7-5-8-14(10-13)21-17(23)19-11-15-6-3-4-9-18-15/h3-10,12H,11H2,1-2H3,(H,20,22)(H2,19,21,23). The first-order valence-corrected chi connectivity index (χ1v) is 7.40. The van der Waals surface area contributed by atoms with Gasteiger partial charge < -0.3 is 16.0 Å². The Hall–Kier alpha value is -2.89. The maximum atomic E-state index is 11.9. The Labute approximate surface area is 135 Å². The Balaban J connectivity index is 1.89. The minimum atomic E-state index is -0.331. The molecule has 0 aliphatic rings. The van der Waals surface area contributed by atoms with Crippen molar-refractivity contribution in [1.29, 1.82) is 0 Å². The molecular weight excluding hydrogens is 292 g/mol. The molecule has 0 saturated carbocycles. The van der Waals surface area contributed by atoms with E-state index in [1.54, 1.807) is 30.5 Å². The molecule has 0 unspecified atom stereocenters. The number of benzene rings is 1. The van der Waals surface area contributed by atoms with Crippen LogP contribution in [0.25, 0.3) is 0 Å². The normalized spacial score (nSPS) is 10.2. The first kappa shape index (κ1) is 16.5. The van der Waals surface area contributed by atoms with E-state index in [9.17, 15) is 9.59 Å². The van der Waals surface area contributed by atoms with Crippen LogP contribution in [0.3, 0.4) is 0 Å². The van der Waals surface area contributed by atoms with Crippen molar-refractivity contribution in [3.8, 4) is 0 Å². The van der Waals surface area contributed by atoms with Crippen LogP contribution >= 0.6 is 0 Å². The molecule has 0 aliphatic heterocycles. The molecule has 0 aliphatic carbocycles. The Bertz CT molecular complexity index is 671. The summed E-state index contributed by atoms with van der Waals surface area (Å²) in [4.78, 5) is 27.7. The fourth-order valence-electron chi connectivity index (χ4n) is 1.81. The van der Waals surface area contributed by atoms with Gasteiger partial charge in [0.15, 0.2) is 0 Å². The van der Waals surface area contributed by atoms with E-state index in [1.807, 2.05) is 32.0 Å². The molecule has 0 radical (unpaired) electrons. The number of nitrogens with one attached hydrogen (secondary N) is 3. The molecule has 0 atom stereocenters. The van der Waals surface area contributed by atoms with Crippen molar-refractivity contribution in [2.75, 3.05) is 10.6 Å². The maximum absolute atomic E-state index is 11.9. The van der Waals surface area contributed by atoms with Crippen molar-refractivity contribution in [2.45, 2.75) is 20.4 Å². The number of hydrogen-bond donors (Lipinski definition) is 3. The Kier molecular flexibility index (Phi) is 5.68. The van der Waals surface area contributed by atoms with Crippen LogP contribution in [-0.4, -0.2) is 16.9 Å². The van der Waals surface area contributed by atoms with Gasteiger partial charge in [-0.2, -0.15) is 0 Å². The van der Waals surface area contributed by atoms with Crippen molar-refractivity contribution in [1.82, 2.24) is 10.3 Å². The molecule has 0 saturated heterocycles. The summed E-state index contributed by atoms with van der Waals surface area (Å²) in [7, 11) is 0. The lowest BCUT2D eigenvalue weighted by Gasteiger charge is -2.11. The van der Waals surface area contributed by atoms with Gasteiger partial charge in [0.25, 0.3) is 0 Å². The SMILES string of the molecule is CC(C)C(=O)Nc1cccc(NC(=O)NCc2ccccn2)c1. The summed E-state index contributed by atoms with van der Waals surface area (Å²) in [5, 5.41) is 8.24. The quantitative estimate of drug-likeness (QED) is 0.793. The monoisotopic (exact) mass is 312 g/mol. The van der Waals surface area contributed by atoms with Gasteiger partial charge in [0.05, 0.1) is 12.2 Å². The molecule has 0 spiro atoms. The van der Waals surface area contributed by atoms with Crippen molar-refractivity contribution in [3.05, 3.63) is 54.4 Å². The Morgan fingerprint density at radius 3 is 2.43 bits per heavy atom. The van der Waals surface area contributed by atoms with Gasteiger partial charge in [0, 0.05) is 23.5 Å².